The number of unbranched alkanes of at least 4 members (excludes halogenated alkanes) is 5. The maximum Gasteiger partial charge on any atom is 2.00 e. The van der Waals surface area contributed by atoms with Crippen LogP contribution in [0.25, 0.3) is 0 Å². The first kappa shape index (κ1) is 17.7. The van der Waals surface area contributed by atoms with Gasteiger partial charge in [-0.25, -0.2) is 0 Å². The van der Waals surface area contributed by atoms with Crippen LogP contribution in [0.2, 0.25) is 0 Å². The number of hydrogen-bond acceptors (Lipinski definition) is 0. The first-order valence-corrected chi connectivity index (χ1v) is 4.44. The molecule has 0 amide bonds. The summed E-state index contributed by atoms with van der Waals surface area (Å²) in [4.78, 5) is 0. The van der Waals surface area contributed by atoms with Crippen molar-refractivity contribution in [3.8, 4) is 0 Å². The summed E-state index contributed by atoms with van der Waals surface area (Å²) in [6.07, 6.45) is 9.04. The minimum atomic E-state index is 0. The van der Waals surface area contributed by atoms with Gasteiger partial charge in [0.05, 0.1) is 0 Å². The molecule has 0 aliphatic carbocycles. The third-order valence-corrected chi connectivity index (χ3v) is 1.25. The van der Waals surface area contributed by atoms with Crippen LogP contribution in [0.15, 0.2) is 0 Å². The molecule has 0 nitrogen and oxygen atoms in total. The average Bonchev–Trinajstić information content (AvgIpc) is 2.02. The van der Waals surface area contributed by atoms with E-state index in [-0.39, 0.29) is 23.1 Å². The molecular formula is C10H22Mg. The van der Waals surface area contributed by atoms with E-state index in [1.807, 2.05) is 0 Å². The van der Waals surface area contributed by atoms with Crippen molar-refractivity contribution in [3.63, 3.8) is 0 Å². The SMILES string of the molecule is CCC[CH-]CCCC.[CH2-]C.[Mg+2]. The third kappa shape index (κ3) is 24.9. The van der Waals surface area contributed by atoms with Gasteiger partial charge < -0.3 is 13.3 Å². The van der Waals surface area contributed by atoms with Crippen LogP contribution in [0.5, 0.6) is 0 Å². The van der Waals surface area contributed by atoms with Crippen molar-refractivity contribution in [3.05, 3.63) is 13.3 Å². The van der Waals surface area contributed by atoms with Gasteiger partial charge in [-0.05, 0) is 0 Å². The van der Waals surface area contributed by atoms with Crippen molar-refractivity contribution in [1.29, 1.82) is 0 Å². The van der Waals surface area contributed by atoms with Gasteiger partial charge in [0, 0.05) is 0 Å². The van der Waals surface area contributed by atoms with E-state index in [1.165, 1.54) is 32.1 Å². The molecule has 0 rings (SSSR count). The topological polar surface area (TPSA) is 0 Å². The average molecular weight is 167 g/mol. The molecule has 0 aromatic carbocycles. The Morgan fingerprint density at radius 2 is 1.55 bits per heavy atom. The van der Waals surface area contributed by atoms with Crippen LogP contribution in [0.4, 0.5) is 0 Å². The minimum absolute atomic E-state index is 0. The molecule has 0 radical (unpaired) electrons. The molecule has 0 aliphatic rings. The molecule has 0 heterocycles. The van der Waals surface area contributed by atoms with Gasteiger partial charge in [0.1, 0.15) is 0 Å². The van der Waals surface area contributed by atoms with Gasteiger partial charge >= 0.3 is 23.1 Å². The van der Waals surface area contributed by atoms with Crippen molar-refractivity contribution in [1.82, 2.24) is 0 Å². The Morgan fingerprint density at radius 1 is 1.00 bits per heavy atom. The van der Waals surface area contributed by atoms with Gasteiger partial charge in [-0.3, -0.25) is 0 Å². The van der Waals surface area contributed by atoms with E-state index in [9.17, 15) is 0 Å². The molecule has 0 atom stereocenters. The Bertz CT molecular complexity index is 29.9. The van der Waals surface area contributed by atoms with Gasteiger partial charge in [0.25, 0.3) is 0 Å². The summed E-state index contributed by atoms with van der Waals surface area (Å²) in [5, 5.41) is 0. The van der Waals surface area contributed by atoms with Gasteiger partial charge in [-0.15, -0.1) is 0 Å². The van der Waals surface area contributed by atoms with E-state index < -0.39 is 0 Å². The molecular weight excluding hydrogens is 144 g/mol. The molecule has 0 saturated carbocycles. The van der Waals surface area contributed by atoms with E-state index in [0.29, 0.717) is 0 Å². The molecule has 11 heavy (non-hydrogen) atoms. The van der Waals surface area contributed by atoms with E-state index in [4.69, 9.17) is 0 Å². The summed E-state index contributed by atoms with van der Waals surface area (Å²) in [6.45, 7) is 9.46. The molecule has 0 saturated heterocycles. The Hall–Kier alpha value is 0.766. The van der Waals surface area contributed by atoms with Crippen LogP contribution < -0.4 is 0 Å². The maximum absolute atomic E-state index is 3.25. The van der Waals surface area contributed by atoms with Crippen molar-refractivity contribution in [2.45, 2.75) is 52.9 Å². The van der Waals surface area contributed by atoms with E-state index in [0.717, 1.165) is 0 Å². The number of rotatable bonds is 5. The second kappa shape index (κ2) is 22.4. The van der Waals surface area contributed by atoms with Crippen molar-refractivity contribution in [2.75, 3.05) is 0 Å². The molecule has 0 aromatic rings. The maximum atomic E-state index is 3.25. The minimum Gasteiger partial charge on any atom is -0.346 e. The van der Waals surface area contributed by atoms with Gasteiger partial charge in [-0.1, -0.05) is 33.1 Å². The van der Waals surface area contributed by atoms with Crippen molar-refractivity contribution >= 4 is 23.1 Å². The Kier molecular flexibility index (Phi) is 36.2. The molecule has 0 aliphatic heterocycles. The summed E-state index contributed by atoms with van der Waals surface area (Å²) >= 11 is 0. The second-order valence-corrected chi connectivity index (χ2v) is 2.22. The van der Waals surface area contributed by atoms with Gasteiger partial charge in [0.2, 0.25) is 0 Å². The Morgan fingerprint density at radius 3 is 1.91 bits per heavy atom. The summed E-state index contributed by atoms with van der Waals surface area (Å²) in [5.41, 5.74) is 0. The van der Waals surface area contributed by atoms with E-state index in [1.54, 1.807) is 6.92 Å². The predicted molar refractivity (Wildman–Crippen MR) is 55.5 cm³/mol. The van der Waals surface area contributed by atoms with Crippen LogP contribution in [0.1, 0.15) is 52.9 Å². The monoisotopic (exact) mass is 166 g/mol. The molecule has 0 bridgehead atoms. The third-order valence-electron chi connectivity index (χ3n) is 1.25. The zero-order valence-electron chi connectivity index (χ0n) is 8.53. The van der Waals surface area contributed by atoms with Crippen LogP contribution in [0, 0.1) is 13.3 Å². The molecule has 0 fully saturated rings. The fourth-order valence-electron chi connectivity index (χ4n) is 0.697. The Balaban J connectivity index is -0.000000196. The molecule has 0 N–H and O–H groups in total. The molecule has 0 unspecified atom stereocenters. The second-order valence-electron chi connectivity index (χ2n) is 2.22. The van der Waals surface area contributed by atoms with Crippen molar-refractivity contribution in [2.24, 2.45) is 0 Å². The molecule has 0 aromatic heterocycles. The largest absolute Gasteiger partial charge is 2.00 e. The van der Waals surface area contributed by atoms with Crippen molar-refractivity contribution < 1.29 is 0 Å². The predicted octanol–water partition coefficient (Wildman–Crippen LogP) is 3.64. The first-order valence-electron chi connectivity index (χ1n) is 4.44. The summed E-state index contributed by atoms with van der Waals surface area (Å²) in [5.74, 6) is 0. The van der Waals surface area contributed by atoms with Crippen LogP contribution >= 0.6 is 0 Å². The fourth-order valence-corrected chi connectivity index (χ4v) is 0.697. The zero-order chi connectivity index (χ0) is 8.24. The zero-order valence-corrected chi connectivity index (χ0v) is 9.94. The van der Waals surface area contributed by atoms with Crippen LogP contribution in [0.3, 0.4) is 0 Å². The summed E-state index contributed by atoms with van der Waals surface area (Å²) < 4.78 is 0. The molecule has 0 spiro atoms. The molecule has 1 heteroatoms. The van der Waals surface area contributed by atoms with E-state index >= 15 is 0 Å². The standard InChI is InChI=1S/C8H17.C2H5.Mg/c1-3-5-7-8-6-4-2;1-2;/h7H,3-6,8H2,1-2H3;1H2,2H3;/q2*-1;+2. The quantitative estimate of drug-likeness (QED) is 0.332. The van der Waals surface area contributed by atoms with Gasteiger partial charge in [-0.2, -0.15) is 19.8 Å². The normalized spacial score (nSPS) is 7.64. The van der Waals surface area contributed by atoms with Crippen LogP contribution in [-0.2, 0) is 0 Å². The Labute approximate surface area is 89.3 Å². The number of hydrogen-bond donors (Lipinski definition) is 0. The fraction of sp³-hybridized carbons (Fsp3) is 0.800. The van der Waals surface area contributed by atoms with Crippen LogP contribution in [-0.4, -0.2) is 23.1 Å². The molecule has 64 valence electrons. The van der Waals surface area contributed by atoms with Gasteiger partial charge in [0.15, 0.2) is 0 Å². The smallest absolute Gasteiger partial charge is 0.346 e. The summed E-state index contributed by atoms with van der Waals surface area (Å²) in [7, 11) is 0. The van der Waals surface area contributed by atoms with E-state index in [2.05, 4.69) is 27.2 Å². The first-order chi connectivity index (χ1) is 4.91. The summed E-state index contributed by atoms with van der Waals surface area (Å²) in [6, 6.07) is 0.